The summed E-state index contributed by atoms with van der Waals surface area (Å²) in [6, 6.07) is 5.60. The molecule has 0 saturated carbocycles. The normalized spacial score (nSPS) is 10.0. The molecule has 0 atom stereocenters. The number of ether oxygens (including phenoxy) is 2. The van der Waals surface area contributed by atoms with Gasteiger partial charge in [-0.15, -0.1) is 0 Å². The number of carbonyl (C=O) groups is 2. The maximum Gasteiger partial charge on any atom is 0.307 e. The van der Waals surface area contributed by atoms with Gasteiger partial charge in [0.05, 0.1) is 26.1 Å². The fourth-order valence-electron chi connectivity index (χ4n) is 1.59. The molecule has 0 aliphatic carbocycles. The van der Waals surface area contributed by atoms with E-state index in [2.05, 4.69) is 0 Å². The van der Waals surface area contributed by atoms with Crippen molar-refractivity contribution < 1.29 is 23.5 Å². The van der Waals surface area contributed by atoms with Gasteiger partial charge in [0.25, 0.3) is 0 Å². The minimum atomic E-state index is -0.336. The number of esters is 1. The maximum absolute atomic E-state index is 12.7. The lowest BCUT2D eigenvalue weighted by atomic mass is 10.3. The summed E-state index contributed by atoms with van der Waals surface area (Å²) in [6.45, 7) is 2.59. The molecule has 21 heavy (non-hydrogen) atoms. The number of rotatable bonds is 8. The van der Waals surface area contributed by atoms with E-state index in [0.29, 0.717) is 18.9 Å². The van der Waals surface area contributed by atoms with Crippen LogP contribution in [0.3, 0.4) is 0 Å². The molecule has 0 heterocycles. The molecule has 0 fully saturated rings. The molecule has 0 aromatic heterocycles. The van der Waals surface area contributed by atoms with Gasteiger partial charge in [0.15, 0.2) is 0 Å². The van der Waals surface area contributed by atoms with Crippen molar-refractivity contribution >= 4 is 11.9 Å². The van der Waals surface area contributed by atoms with Crippen molar-refractivity contribution in [3.63, 3.8) is 0 Å². The zero-order valence-corrected chi connectivity index (χ0v) is 12.3. The van der Waals surface area contributed by atoms with Crippen molar-refractivity contribution in [2.45, 2.75) is 19.8 Å². The molecule has 6 heteroatoms. The van der Waals surface area contributed by atoms with E-state index >= 15 is 0 Å². The molecule has 0 spiro atoms. The van der Waals surface area contributed by atoms with E-state index in [4.69, 9.17) is 9.47 Å². The molecule has 1 aromatic carbocycles. The molecule has 1 rings (SSSR count). The summed E-state index contributed by atoms with van der Waals surface area (Å²) < 4.78 is 22.8. The summed E-state index contributed by atoms with van der Waals surface area (Å²) in [5.74, 6) is -0.267. The number of amides is 1. The maximum atomic E-state index is 12.7. The predicted molar refractivity (Wildman–Crippen MR) is 75.4 cm³/mol. The highest BCUT2D eigenvalue weighted by Crippen LogP contribution is 2.11. The van der Waals surface area contributed by atoms with Gasteiger partial charge in [-0.2, -0.15) is 0 Å². The molecular weight excluding hydrogens is 277 g/mol. The number of hydrogen-bond acceptors (Lipinski definition) is 4. The van der Waals surface area contributed by atoms with Crippen LogP contribution in [0.25, 0.3) is 0 Å². The zero-order chi connectivity index (χ0) is 15.7. The number of nitrogens with zero attached hydrogens (tertiary/aromatic N) is 1. The first kappa shape index (κ1) is 16.9. The van der Waals surface area contributed by atoms with Crippen LogP contribution in [-0.4, -0.2) is 43.6 Å². The first-order chi connectivity index (χ1) is 10.0. The third kappa shape index (κ3) is 6.74. The van der Waals surface area contributed by atoms with Crippen LogP contribution in [-0.2, 0) is 14.3 Å². The minimum Gasteiger partial charge on any atom is -0.493 e. The van der Waals surface area contributed by atoms with Gasteiger partial charge in [0.1, 0.15) is 11.6 Å². The van der Waals surface area contributed by atoms with Crippen LogP contribution in [0.1, 0.15) is 19.8 Å². The minimum absolute atomic E-state index is 0.124. The van der Waals surface area contributed by atoms with Gasteiger partial charge >= 0.3 is 5.97 Å². The van der Waals surface area contributed by atoms with Gasteiger partial charge in [-0.1, -0.05) is 0 Å². The largest absolute Gasteiger partial charge is 0.493 e. The summed E-state index contributed by atoms with van der Waals surface area (Å²) >= 11 is 0. The highest BCUT2D eigenvalue weighted by Gasteiger charge is 2.11. The molecule has 0 radical (unpaired) electrons. The van der Waals surface area contributed by atoms with E-state index in [-0.39, 0.29) is 37.1 Å². The second-order valence-electron chi connectivity index (χ2n) is 4.42. The predicted octanol–water partition coefficient (Wildman–Crippen LogP) is 2.01. The molecule has 5 nitrogen and oxygen atoms in total. The van der Waals surface area contributed by atoms with Crippen LogP contribution < -0.4 is 4.74 Å². The van der Waals surface area contributed by atoms with E-state index in [0.717, 1.165) is 0 Å². The summed E-state index contributed by atoms with van der Waals surface area (Å²) in [5, 5.41) is 0. The SMILES string of the molecule is CCOC(=O)CCN(C)C(=O)CCOc1ccc(F)cc1. The smallest absolute Gasteiger partial charge is 0.307 e. The van der Waals surface area contributed by atoms with Gasteiger partial charge in [0, 0.05) is 13.6 Å². The lowest BCUT2D eigenvalue weighted by molar-refractivity contribution is -0.143. The van der Waals surface area contributed by atoms with E-state index in [1.807, 2.05) is 0 Å². The highest BCUT2D eigenvalue weighted by atomic mass is 19.1. The van der Waals surface area contributed by atoms with Gasteiger partial charge < -0.3 is 14.4 Å². The lowest BCUT2D eigenvalue weighted by Gasteiger charge is -2.16. The summed E-state index contributed by atoms with van der Waals surface area (Å²) in [6.07, 6.45) is 0.367. The fourth-order valence-corrected chi connectivity index (χ4v) is 1.59. The highest BCUT2D eigenvalue weighted by molar-refractivity contribution is 5.77. The van der Waals surface area contributed by atoms with Crippen LogP contribution >= 0.6 is 0 Å². The zero-order valence-electron chi connectivity index (χ0n) is 12.3. The molecule has 0 saturated heterocycles. The van der Waals surface area contributed by atoms with Crippen LogP contribution in [0.15, 0.2) is 24.3 Å². The Bertz CT molecular complexity index is 461. The molecule has 0 unspecified atom stereocenters. The molecule has 0 aliphatic rings. The summed E-state index contributed by atoms with van der Waals surface area (Å²) in [7, 11) is 1.62. The Hall–Kier alpha value is -2.11. The number of benzene rings is 1. The fraction of sp³-hybridized carbons (Fsp3) is 0.467. The number of hydrogen-bond donors (Lipinski definition) is 0. The monoisotopic (exact) mass is 297 g/mol. The molecular formula is C15H20FNO4. The van der Waals surface area contributed by atoms with Gasteiger partial charge in [-0.25, -0.2) is 4.39 Å². The van der Waals surface area contributed by atoms with Gasteiger partial charge in [-0.05, 0) is 31.2 Å². The Morgan fingerprint density at radius 2 is 1.86 bits per heavy atom. The summed E-state index contributed by atoms with van der Waals surface area (Å²) in [5.41, 5.74) is 0. The standard InChI is InChI=1S/C15H20FNO4/c1-3-20-15(19)8-10-17(2)14(18)9-11-21-13-6-4-12(16)5-7-13/h4-7H,3,8-11H2,1-2H3. The molecule has 0 N–H and O–H groups in total. The molecule has 0 bridgehead atoms. The van der Waals surface area contributed by atoms with E-state index in [1.165, 1.54) is 29.2 Å². The van der Waals surface area contributed by atoms with Crippen molar-refractivity contribution in [3.8, 4) is 5.75 Å². The quantitative estimate of drug-likeness (QED) is 0.689. The van der Waals surface area contributed by atoms with Gasteiger partial charge in [-0.3, -0.25) is 9.59 Å². The van der Waals surface area contributed by atoms with Crippen LogP contribution in [0.4, 0.5) is 4.39 Å². The van der Waals surface area contributed by atoms with Crippen molar-refractivity contribution in [1.29, 1.82) is 0 Å². The average molecular weight is 297 g/mol. The average Bonchev–Trinajstić information content (AvgIpc) is 2.47. The molecule has 1 amide bonds. The van der Waals surface area contributed by atoms with Crippen LogP contribution in [0.2, 0.25) is 0 Å². The first-order valence-corrected chi connectivity index (χ1v) is 6.81. The summed E-state index contributed by atoms with van der Waals surface area (Å²) in [4.78, 5) is 24.4. The Balaban J connectivity index is 2.23. The third-order valence-corrected chi connectivity index (χ3v) is 2.78. The van der Waals surface area contributed by atoms with E-state index < -0.39 is 0 Å². The topological polar surface area (TPSA) is 55.8 Å². The van der Waals surface area contributed by atoms with E-state index in [9.17, 15) is 14.0 Å². The lowest BCUT2D eigenvalue weighted by Crippen LogP contribution is -2.30. The second kappa shape index (κ2) is 8.94. The van der Waals surface area contributed by atoms with Crippen molar-refractivity contribution in [2.24, 2.45) is 0 Å². The van der Waals surface area contributed by atoms with E-state index in [1.54, 1.807) is 14.0 Å². The molecule has 0 aliphatic heterocycles. The van der Waals surface area contributed by atoms with Crippen molar-refractivity contribution in [1.82, 2.24) is 4.90 Å². The third-order valence-electron chi connectivity index (χ3n) is 2.78. The van der Waals surface area contributed by atoms with Crippen molar-refractivity contribution in [2.75, 3.05) is 26.8 Å². The van der Waals surface area contributed by atoms with Crippen molar-refractivity contribution in [3.05, 3.63) is 30.1 Å². The van der Waals surface area contributed by atoms with Crippen LogP contribution in [0, 0.1) is 5.82 Å². The van der Waals surface area contributed by atoms with Crippen LogP contribution in [0.5, 0.6) is 5.75 Å². The number of halogens is 1. The van der Waals surface area contributed by atoms with Gasteiger partial charge in [0.2, 0.25) is 5.91 Å². The Morgan fingerprint density at radius 3 is 2.48 bits per heavy atom. The second-order valence-corrected chi connectivity index (χ2v) is 4.42. The number of carbonyl (C=O) groups excluding carboxylic acids is 2. The Labute approximate surface area is 123 Å². The Morgan fingerprint density at radius 1 is 1.19 bits per heavy atom. The first-order valence-electron chi connectivity index (χ1n) is 6.81. The molecule has 1 aromatic rings. The molecule has 116 valence electrons. The Kier molecular flexibility index (Phi) is 7.21.